The summed E-state index contributed by atoms with van der Waals surface area (Å²) in [6.07, 6.45) is 3.62. The fourth-order valence-electron chi connectivity index (χ4n) is 0.576. The van der Waals surface area contributed by atoms with E-state index in [1.165, 1.54) is 0 Å². The van der Waals surface area contributed by atoms with Crippen molar-refractivity contribution in [3.63, 3.8) is 0 Å². The van der Waals surface area contributed by atoms with Crippen molar-refractivity contribution in [2.24, 2.45) is 0 Å². The molecule has 3 nitrogen and oxygen atoms in total. The first-order valence-corrected chi connectivity index (χ1v) is 6.65. The van der Waals surface area contributed by atoms with Crippen LogP contribution in [0.2, 0.25) is 0 Å². The third-order valence-electron chi connectivity index (χ3n) is 1.06. The zero-order valence-electron chi connectivity index (χ0n) is 6.00. The van der Waals surface area contributed by atoms with Crippen LogP contribution in [0.15, 0.2) is 0 Å². The van der Waals surface area contributed by atoms with Crippen molar-refractivity contribution in [1.29, 1.82) is 0 Å². The summed E-state index contributed by atoms with van der Waals surface area (Å²) in [6, 6.07) is 0. The summed E-state index contributed by atoms with van der Waals surface area (Å²) in [6.45, 7) is 2.05. The minimum atomic E-state index is -3.68. The van der Waals surface area contributed by atoms with Crippen LogP contribution in [0.1, 0.15) is 26.2 Å². The first kappa shape index (κ1) is 10.3. The van der Waals surface area contributed by atoms with Gasteiger partial charge in [-0.1, -0.05) is 19.8 Å². The lowest BCUT2D eigenvalue weighted by molar-refractivity contribution is 0.502. The van der Waals surface area contributed by atoms with Crippen LogP contribution in [0, 0.1) is 0 Å². The van der Waals surface area contributed by atoms with Crippen LogP contribution in [-0.4, -0.2) is 19.1 Å². The Morgan fingerprint density at radius 3 is 2.40 bits per heavy atom. The molecule has 0 saturated heterocycles. The molecule has 0 amide bonds. The minimum absolute atomic E-state index is 0.321. The van der Waals surface area contributed by atoms with E-state index in [1.54, 1.807) is 0 Å². The molecule has 0 spiro atoms. The maximum absolute atomic E-state index is 10.2. The second kappa shape index (κ2) is 5.05. The van der Waals surface area contributed by atoms with Gasteiger partial charge in [0, 0.05) is 7.78 Å². The van der Waals surface area contributed by atoms with Crippen LogP contribution in [0.3, 0.4) is 0 Å². The Hall–Kier alpha value is 0.340. The fourth-order valence-corrected chi connectivity index (χ4v) is 2.44. The molecule has 0 aromatic carbocycles. The van der Waals surface area contributed by atoms with E-state index in [4.69, 9.17) is 4.55 Å². The predicted octanol–water partition coefficient (Wildman–Crippen LogP) is 1.66. The van der Waals surface area contributed by atoms with Gasteiger partial charge >= 0.3 is 0 Å². The molecule has 0 heterocycles. The number of hydrogen-bond acceptors (Lipinski definition) is 2. The van der Waals surface area contributed by atoms with Crippen LogP contribution in [0.25, 0.3) is 0 Å². The first-order valence-electron chi connectivity index (χ1n) is 3.28. The number of hydrogen-bond donors (Lipinski definition) is 1. The highest BCUT2D eigenvalue weighted by atomic mass is 32.8. The van der Waals surface area contributed by atoms with E-state index in [0.717, 1.165) is 19.3 Å². The van der Waals surface area contributed by atoms with Gasteiger partial charge in [-0.3, -0.25) is 4.55 Å². The first-order chi connectivity index (χ1) is 4.56. The van der Waals surface area contributed by atoms with Crippen molar-refractivity contribution in [2.75, 3.05) is 6.16 Å². The highest BCUT2D eigenvalue weighted by Gasteiger charge is 2.01. The Morgan fingerprint density at radius 1 is 1.40 bits per heavy atom. The van der Waals surface area contributed by atoms with Gasteiger partial charge in [-0.05, 0) is 12.6 Å². The van der Waals surface area contributed by atoms with Gasteiger partial charge in [-0.25, -0.2) is 0 Å². The molecular weight excluding hydrogens is 171 g/mol. The molecule has 1 unspecified atom stereocenters. The lowest BCUT2D eigenvalue weighted by Gasteiger charge is -1.95. The molecule has 0 fully saturated rings. The molecule has 1 N–H and O–H groups in total. The van der Waals surface area contributed by atoms with Crippen molar-refractivity contribution in [3.8, 4) is 0 Å². The highest BCUT2D eigenvalue weighted by Crippen LogP contribution is 2.19. The fraction of sp³-hybridized carbons (Fsp3) is 1.00. The molecule has 0 saturated carbocycles. The van der Waals surface area contributed by atoms with Crippen molar-refractivity contribution in [1.82, 2.24) is 0 Å². The second-order valence-corrected chi connectivity index (χ2v) is 6.23. The van der Waals surface area contributed by atoms with Crippen LogP contribution >= 0.6 is 7.78 Å². The van der Waals surface area contributed by atoms with E-state index in [1.807, 2.05) is 0 Å². The molecule has 0 aromatic heterocycles. The summed E-state index contributed by atoms with van der Waals surface area (Å²) in [5.41, 5.74) is 0. The Labute approximate surface area is 63.5 Å². The quantitative estimate of drug-likeness (QED) is 0.401. The Morgan fingerprint density at radius 2 is 2.00 bits per heavy atom. The topological polar surface area (TPSA) is 54.4 Å². The molecular formula is C5H13O3PS. The highest BCUT2D eigenvalue weighted by molar-refractivity contribution is 8.40. The van der Waals surface area contributed by atoms with Crippen molar-refractivity contribution in [2.45, 2.75) is 26.2 Å². The van der Waals surface area contributed by atoms with E-state index >= 15 is 0 Å². The largest absolute Gasteiger partial charge is 0.283 e. The van der Waals surface area contributed by atoms with Gasteiger partial charge in [0.05, 0.1) is 0 Å². The van der Waals surface area contributed by atoms with E-state index in [0.29, 0.717) is 6.16 Å². The zero-order valence-corrected chi connectivity index (χ0v) is 7.82. The van der Waals surface area contributed by atoms with E-state index < -0.39 is 9.74 Å². The maximum atomic E-state index is 10.2. The molecule has 0 radical (unpaired) electrons. The second-order valence-electron chi connectivity index (χ2n) is 2.08. The minimum Gasteiger partial charge on any atom is -0.283 e. The van der Waals surface area contributed by atoms with Gasteiger partial charge in [0.15, 0.2) is 0 Å². The SMILES string of the molecule is CCCCCPS(=O)(=O)O. The Kier molecular flexibility index (Phi) is 5.22. The smallest absolute Gasteiger partial charge is 0.278 e. The average Bonchev–Trinajstić information content (AvgIpc) is 1.78. The monoisotopic (exact) mass is 184 g/mol. The molecule has 0 rings (SSSR count). The van der Waals surface area contributed by atoms with Crippen molar-refractivity contribution >= 4 is 17.5 Å². The average molecular weight is 184 g/mol. The van der Waals surface area contributed by atoms with E-state index in [-0.39, 0.29) is 7.78 Å². The molecule has 1 atom stereocenters. The standard InChI is InChI=1S/C5H13O3PS/c1-2-3-4-5-9-10(6,7)8/h9H,2-5H2,1H3,(H,6,7,8). The Balaban J connectivity index is 3.21. The van der Waals surface area contributed by atoms with Gasteiger partial charge in [0.1, 0.15) is 0 Å². The summed E-state index contributed by atoms with van der Waals surface area (Å²) < 4.78 is 28.6. The maximum Gasteiger partial charge on any atom is 0.278 e. The molecule has 5 heteroatoms. The van der Waals surface area contributed by atoms with Crippen LogP contribution in [-0.2, 0) is 9.74 Å². The lowest BCUT2D eigenvalue weighted by atomic mass is 10.3. The van der Waals surface area contributed by atoms with Gasteiger partial charge in [0.2, 0.25) is 0 Å². The molecule has 0 aliphatic rings. The lowest BCUT2D eigenvalue weighted by Crippen LogP contribution is -1.88. The van der Waals surface area contributed by atoms with Crippen molar-refractivity contribution in [3.05, 3.63) is 0 Å². The van der Waals surface area contributed by atoms with Gasteiger partial charge in [-0.15, -0.1) is 0 Å². The zero-order chi connectivity index (χ0) is 8.04. The van der Waals surface area contributed by atoms with E-state index in [9.17, 15) is 8.42 Å². The Bertz CT molecular complexity index is 164. The van der Waals surface area contributed by atoms with Crippen LogP contribution in [0.4, 0.5) is 0 Å². The van der Waals surface area contributed by atoms with Gasteiger partial charge in [-0.2, -0.15) is 8.42 Å². The van der Waals surface area contributed by atoms with Crippen LogP contribution < -0.4 is 0 Å². The molecule has 62 valence electrons. The molecule has 0 bridgehead atoms. The van der Waals surface area contributed by atoms with Gasteiger partial charge < -0.3 is 0 Å². The normalized spacial score (nSPS) is 13.0. The van der Waals surface area contributed by atoms with Crippen LogP contribution in [0.5, 0.6) is 0 Å². The third kappa shape index (κ3) is 8.34. The predicted molar refractivity (Wildman–Crippen MR) is 44.3 cm³/mol. The summed E-state index contributed by atoms with van der Waals surface area (Å²) in [7, 11) is -4.00. The summed E-state index contributed by atoms with van der Waals surface area (Å²) in [4.78, 5) is 0. The molecule has 0 aliphatic carbocycles. The van der Waals surface area contributed by atoms with Crippen molar-refractivity contribution < 1.29 is 13.0 Å². The molecule has 0 aromatic rings. The molecule has 10 heavy (non-hydrogen) atoms. The van der Waals surface area contributed by atoms with E-state index in [2.05, 4.69) is 6.92 Å². The number of rotatable bonds is 5. The summed E-state index contributed by atoms with van der Waals surface area (Å²) >= 11 is 0. The molecule has 0 aliphatic heterocycles. The summed E-state index contributed by atoms with van der Waals surface area (Å²) in [5, 5.41) is 0. The summed E-state index contributed by atoms with van der Waals surface area (Å²) in [5.74, 6) is 0. The third-order valence-corrected chi connectivity index (χ3v) is 3.69. The van der Waals surface area contributed by atoms with Gasteiger partial charge in [0.25, 0.3) is 9.74 Å². The number of unbranched alkanes of at least 4 members (excludes halogenated alkanes) is 2.